The molecule has 0 saturated heterocycles. The first-order valence-corrected chi connectivity index (χ1v) is 5.10. The molecule has 0 aromatic rings. The second kappa shape index (κ2) is 7.31. The van der Waals surface area contributed by atoms with E-state index in [0.717, 1.165) is 0 Å². The summed E-state index contributed by atoms with van der Waals surface area (Å²) in [5, 5.41) is 16.3. The van der Waals surface area contributed by atoms with E-state index in [0.29, 0.717) is 6.54 Å². The van der Waals surface area contributed by atoms with Crippen LogP contribution >= 0.6 is 0 Å². The molecule has 0 aliphatic carbocycles. The second-order valence-electron chi connectivity index (χ2n) is 3.66. The lowest BCUT2D eigenvalue weighted by atomic mass is 10.1. The van der Waals surface area contributed by atoms with Crippen LogP contribution in [0, 0.1) is 5.92 Å². The van der Waals surface area contributed by atoms with Crippen molar-refractivity contribution < 1.29 is 14.8 Å². The minimum absolute atomic E-state index is 0.153. The van der Waals surface area contributed by atoms with E-state index in [9.17, 15) is 9.59 Å². The third-order valence-electron chi connectivity index (χ3n) is 2.06. The Labute approximate surface area is 99.8 Å². The average Bonchev–Trinajstić information content (AvgIpc) is 2.31. The van der Waals surface area contributed by atoms with Crippen molar-refractivity contribution in [3.63, 3.8) is 0 Å². The summed E-state index contributed by atoms with van der Waals surface area (Å²) in [6.45, 7) is 2.11. The Morgan fingerprint density at radius 3 is 2.35 bits per heavy atom. The number of carbonyl (C=O) groups is 2. The van der Waals surface area contributed by atoms with Crippen LogP contribution in [0.2, 0.25) is 0 Å². The molecule has 5 N–H and O–H groups in total. The topological polar surface area (TPSA) is 120 Å². The molecule has 0 aliphatic rings. The Morgan fingerprint density at radius 2 is 1.88 bits per heavy atom. The normalized spacial score (nSPS) is 12.8. The van der Waals surface area contributed by atoms with E-state index in [1.807, 2.05) is 0 Å². The van der Waals surface area contributed by atoms with E-state index < -0.39 is 5.92 Å². The summed E-state index contributed by atoms with van der Waals surface area (Å²) < 4.78 is 0. The number of urea groups is 1. The molecule has 0 heterocycles. The van der Waals surface area contributed by atoms with Crippen LogP contribution in [0.25, 0.3) is 0 Å². The quantitative estimate of drug-likeness (QED) is 0.159. The number of hydrogen-bond acceptors (Lipinski definition) is 4. The number of rotatable bonds is 5. The third kappa shape index (κ3) is 5.59. The fraction of sp³-hybridized carbons (Fsp3) is 0.667. The molecule has 8 heteroatoms. The van der Waals surface area contributed by atoms with Gasteiger partial charge in [-0.05, 0) is 6.92 Å². The Balaban J connectivity index is 3.83. The van der Waals surface area contributed by atoms with Gasteiger partial charge < -0.3 is 26.5 Å². The lowest BCUT2D eigenvalue weighted by Crippen LogP contribution is -2.42. The van der Waals surface area contributed by atoms with Crippen LogP contribution in [0.5, 0.6) is 0 Å². The van der Waals surface area contributed by atoms with Crippen LogP contribution < -0.4 is 16.4 Å². The van der Waals surface area contributed by atoms with Crippen molar-refractivity contribution in [3.05, 3.63) is 0 Å². The van der Waals surface area contributed by atoms with Gasteiger partial charge in [-0.25, -0.2) is 4.79 Å². The fourth-order valence-electron chi connectivity index (χ4n) is 0.887. The Kier molecular flexibility index (Phi) is 6.46. The van der Waals surface area contributed by atoms with Crippen molar-refractivity contribution in [1.82, 2.24) is 15.5 Å². The highest BCUT2D eigenvalue weighted by Gasteiger charge is 2.16. The van der Waals surface area contributed by atoms with Crippen LogP contribution in [-0.2, 0) is 4.79 Å². The lowest BCUT2D eigenvalue weighted by molar-refractivity contribution is -0.122. The fourth-order valence-corrected chi connectivity index (χ4v) is 0.887. The highest BCUT2D eigenvalue weighted by atomic mass is 16.4. The molecule has 8 nitrogen and oxygen atoms in total. The zero-order valence-electron chi connectivity index (χ0n) is 10.2. The van der Waals surface area contributed by atoms with Crippen LogP contribution in [0.1, 0.15) is 6.92 Å². The molecule has 98 valence electrons. The summed E-state index contributed by atoms with van der Waals surface area (Å²) in [5.41, 5.74) is 5.27. The minimum atomic E-state index is -0.704. The van der Waals surface area contributed by atoms with Gasteiger partial charge in [-0.15, -0.1) is 0 Å². The summed E-state index contributed by atoms with van der Waals surface area (Å²) >= 11 is 0. The predicted molar refractivity (Wildman–Crippen MR) is 62.7 cm³/mol. The van der Waals surface area contributed by atoms with Gasteiger partial charge in [0.05, 0.1) is 5.92 Å². The van der Waals surface area contributed by atoms with E-state index in [-0.39, 0.29) is 24.3 Å². The zero-order chi connectivity index (χ0) is 13.4. The standard InChI is InChI=1S/C9H19N5O3/c1-6(7(10)13-17)8(15)11-4-5-12-9(16)14(2)3/h6,17H,4-5H2,1-3H3,(H2,10,13)(H,11,15)(H,12,16). The van der Waals surface area contributed by atoms with Gasteiger partial charge in [-0.2, -0.15) is 0 Å². The van der Waals surface area contributed by atoms with Gasteiger partial charge in [-0.1, -0.05) is 5.16 Å². The van der Waals surface area contributed by atoms with Crippen molar-refractivity contribution in [2.24, 2.45) is 16.8 Å². The molecular weight excluding hydrogens is 226 g/mol. The monoisotopic (exact) mass is 245 g/mol. The highest BCUT2D eigenvalue weighted by Crippen LogP contribution is 1.93. The van der Waals surface area contributed by atoms with E-state index >= 15 is 0 Å². The molecular formula is C9H19N5O3. The summed E-state index contributed by atoms with van der Waals surface area (Å²) in [6, 6.07) is -0.233. The van der Waals surface area contributed by atoms with Crippen molar-refractivity contribution in [1.29, 1.82) is 0 Å². The Morgan fingerprint density at radius 1 is 1.35 bits per heavy atom. The number of nitrogens with one attached hydrogen (secondary N) is 2. The zero-order valence-corrected chi connectivity index (χ0v) is 10.2. The maximum absolute atomic E-state index is 11.4. The molecule has 0 saturated carbocycles. The van der Waals surface area contributed by atoms with Gasteiger partial charge >= 0.3 is 6.03 Å². The largest absolute Gasteiger partial charge is 0.409 e. The first-order chi connectivity index (χ1) is 7.90. The molecule has 0 spiro atoms. The highest BCUT2D eigenvalue weighted by molar-refractivity contribution is 6.01. The Bertz CT molecular complexity index is 303. The average molecular weight is 245 g/mol. The molecule has 1 atom stereocenters. The van der Waals surface area contributed by atoms with Gasteiger partial charge in [0.15, 0.2) is 5.84 Å². The van der Waals surface area contributed by atoms with Crippen molar-refractivity contribution in [3.8, 4) is 0 Å². The number of nitrogens with two attached hydrogens (primary N) is 1. The molecule has 0 rings (SSSR count). The van der Waals surface area contributed by atoms with Gasteiger partial charge in [0.25, 0.3) is 0 Å². The number of nitrogens with zero attached hydrogens (tertiary/aromatic N) is 2. The van der Waals surface area contributed by atoms with Gasteiger partial charge in [-0.3, -0.25) is 4.79 Å². The molecule has 0 aliphatic heterocycles. The van der Waals surface area contributed by atoms with Gasteiger partial charge in [0.1, 0.15) is 0 Å². The number of hydrogen-bond donors (Lipinski definition) is 4. The third-order valence-corrected chi connectivity index (χ3v) is 2.06. The summed E-state index contributed by atoms with van der Waals surface area (Å²) in [7, 11) is 3.24. The van der Waals surface area contributed by atoms with Crippen LogP contribution in [0.3, 0.4) is 0 Å². The molecule has 3 amide bonds. The van der Waals surface area contributed by atoms with E-state index in [4.69, 9.17) is 10.9 Å². The van der Waals surface area contributed by atoms with E-state index in [1.165, 1.54) is 11.8 Å². The number of amidine groups is 1. The molecule has 0 radical (unpaired) electrons. The smallest absolute Gasteiger partial charge is 0.316 e. The summed E-state index contributed by atoms with van der Waals surface area (Å²) in [5.74, 6) is -1.22. The number of amides is 3. The predicted octanol–water partition coefficient (Wildman–Crippen LogP) is -1.24. The van der Waals surface area contributed by atoms with Crippen LogP contribution in [0.4, 0.5) is 4.79 Å². The summed E-state index contributed by atoms with van der Waals surface area (Å²) in [6.07, 6.45) is 0. The molecule has 0 aromatic carbocycles. The van der Waals surface area contributed by atoms with Gasteiger partial charge in [0, 0.05) is 27.2 Å². The number of carbonyl (C=O) groups excluding carboxylic acids is 2. The molecule has 0 aromatic heterocycles. The van der Waals surface area contributed by atoms with E-state index in [2.05, 4.69) is 15.8 Å². The first-order valence-electron chi connectivity index (χ1n) is 5.10. The molecule has 17 heavy (non-hydrogen) atoms. The van der Waals surface area contributed by atoms with Crippen LogP contribution in [-0.4, -0.2) is 55.1 Å². The maximum atomic E-state index is 11.4. The van der Waals surface area contributed by atoms with Gasteiger partial charge in [0.2, 0.25) is 5.91 Å². The first kappa shape index (κ1) is 15.0. The number of oxime groups is 1. The molecule has 0 fully saturated rings. The molecule has 1 unspecified atom stereocenters. The second-order valence-corrected chi connectivity index (χ2v) is 3.66. The SMILES string of the molecule is CC(C(=O)NCCNC(=O)N(C)C)C(N)=NO. The minimum Gasteiger partial charge on any atom is -0.409 e. The lowest BCUT2D eigenvalue weighted by Gasteiger charge is -2.13. The van der Waals surface area contributed by atoms with Crippen molar-refractivity contribution >= 4 is 17.8 Å². The van der Waals surface area contributed by atoms with Crippen molar-refractivity contribution in [2.75, 3.05) is 27.2 Å². The molecule has 0 bridgehead atoms. The summed E-state index contributed by atoms with van der Waals surface area (Å²) in [4.78, 5) is 23.9. The Hall–Kier alpha value is -1.99. The van der Waals surface area contributed by atoms with Crippen LogP contribution in [0.15, 0.2) is 5.16 Å². The van der Waals surface area contributed by atoms with Crippen molar-refractivity contribution in [2.45, 2.75) is 6.92 Å². The van der Waals surface area contributed by atoms with E-state index in [1.54, 1.807) is 14.1 Å². The maximum Gasteiger partial charge on any atom is 0.316 e.